The van der Waals surface area contributed by atoms with Crippen LogP contribution >= 0.6 is 11.3 Å². The minimum atomic E-state index is 0.856. The van der Waals surface area contributed by atoms with Crippen LogP contribution in [0.2, 0.25) is 0 Å². The molecule has 0 saturated heterocycles. The van der Waals surface area contributed by atoms with Crippen LogP contribution < -0.4 is 5.32 Å². The molecule has 30 heavy (non-hydrogen) atoms. The molecule has 0 aliphatic carbocycles. The maximum atomic E-state index is 5.00. The number of aryl methyl sites for hydroxylation is 2. The largest absolute Gasteiger partial charge is 0.370 e. The van der Waals surface area contributed by atoms with Gasteiger partial charge in [-0.2, -0.15) is 0 Å². The Morgan fingerprint density at radius 3 is 2.57 bits per heavy atom. The molecule has 0 aliphatic rings. The first-order valence-electron chi connectivity index (χ1n) is 10.5. The van der Waals surface area contributed by atoms with Crippen LogP contribution in [0.5, 0.6) is 0 Å². The molecule has 0 spiro atoms. The number of hydrogen-bond acceptors (Lipinski definition) is 4. The minimum Gasteiger partial charge on any atom is -0.370 e. The number of nitrogens with zero attached hydrogens (tertiary/aromatic N) is 2. The second-order valence-electron chi connectivity index (χ2n) is 7.50. The van der Waals surface area contributed by atoms with Gasteiger partial charge in [-0.1, -0.05) is 61.0 Å². The van der Waals surface area contributed by atoms with Gasteiger partial charge in [-0.25, -0.2) is 9.97 Å². The van der Waals surface area contributed by atoms with E-state index in [1.165, 1.54) is 32.1 Å². The molecule has 2 aromatic heterocycles. The van der Waals surface area contributed by atoms with Crippen molar-refractivity contribution in [3.05, 3.63) is 89.1 Å². The van der Waals surface area contributed by atoms with Gasteiger partial charge in [0.1, 0.15) is 5.82 Å². The highest BCUT2D eigenvalue weighted by molar-refractivity contribution is 7.15. The molecular formula is C26H27N3S. The maximum Gasteiger partial charge on any atom is 0.126 e. The first kappa shape index (κ1) is 20.3. The fourth-order valence-corrected chi connectivity index (χ4v) is 4.70. The van der Waals surface area contributed by atoms with E-state index in [4.69, 9.17) is 4.98 Å². The Morgan fingerprint density at radius 2 is 1.77 bits per heavy atom. The van der Waals surface area contributed by atoms with E-state index in [1.807, 2.05) is 6.20 Å². The zero-order valence-corrected chi connectivity index (χ0v) is 18.4. The average Bonchev–Trinajstić information content (AvgIpc) is 3.19. The van der Waals surface area contributed by atoms with Gasteiger partial charge < -0.3 is 5.32 Å². The molecule has 0 saturated carbocycles. The minimum absolute atomic E-state index is 0.856. The SMILES string of the molecule is CCCc1nc(-c2cccc(C)c2)c(-c2ccnc(NCCc3ccccc3)c2)s1. The second-order valence-corrected chi connectivity index (χ2v) is 8.58. The first-order chi connectivity index (χ1) is 14.7. The fourth-order valence-electron chi connectivity index (χ4n) is 3.52. The highest BCUT2D eigenvalue weighted by atomic mass is 32.1. The molecule has 3 nitrogen and oxygen atoms in total. The summed E-state index contributed by atoms with van der Waals surface area (Å²) in [5, 5.41) is 4.67. The molecule has 0 atom stereocenters. The summed E-state index contributed by atoms with van der Waals surface area (Å²) in [6, 6.07) is 23.4. The Bertz CT molecular complexity index is 1100. The van der Waals surface area contributed by atoms with E-state index in [0.717, 1.165) is 37.3 Å². The Hall–Kier alpha value is -2.98. The van der Waals surface area contributed by atoms with Crippen molar-refractivity contribution < 1.29 is 0 Å². The first-order valence-corrected chi connectivity index (χ1v) is 11.4. The molecule has 4 rings (SSSR count). The van der Waals surface area contributed by atoms with Gasteiger partial charge in [0.2, 0.25) is 0 Å². The molecule has 2 heterocycles. The lowest BCUT2D eigenvalue weighted by atomic mass is 10.1. The lowest BCUT2D eigenvalue weighted by Gasteiger charge is -2.08. The monoisotopic (exact) mass is 413 g/mol. The van der Waals surface area contributed by atoms with E-state index < -0.39 is 0 Å². The van der Waals surface area contributed by atoms with Gasteiger partial charge in [0.25, 0.3) is 0 Å². The lowest BCUT2D eigenvalue weighted by Crippen LogP contribution is -2.06. The molecule has 4 heteroatoms. The van der Waals surface area contributed by atoms with E-state index in [-0.39, 0.29) is 0 Å². The summed E-state index contributed by atoms with van der Waals surface area (Å²) in [7, 11) is 0. The normalized spacial score (nSPS) is 10.9. The summed E-state index contributed by atoms with van der Waals surface area (Å²) in [4.78, 5) is 10.7. The van der Waals surface area contributed by atoms with Crippen LogP contribution in [0.15, 0.2) is 72.9 Å². The molecule has 4 aromatic rings. The van der Waals surface area contributed by atoms with Gasteiger partial charge in [-0.15, -0.1) is 11.3 Å². The van der Waals surface area contributed by atoms with Crippen molar-refractivity contribution in [2.24, 2.45) is 0 Å². The summed E-state index contributed by atoms with van der Waals surface area (Å²) in [5.74, 6) is 0.907. The number of rotatable bonds is 8. The number of nitrogens with one attached hydrogen (secondary N) is 1. The third kappa shape index (κ3) is 4.95. The van der Waals surface area contributed by atoms with Crippen LogP contribution in [-0.4, -0.2) is 16.5 Å². The third-order valence-corrected chi connectivity index (χ3v) is 6.18. The summed E-state index contributed by atoms with van der Waals surface area (Å²) < 4.78 is 0. The number of hydrogen-bond donors (Lipinski definition) is 1. The quantitative estimate of drug-likeness (QED) is 0.346. The third-order valence-electron chi connectivity index (χ3n) is 5.01. The Morgan fingerprint density at radius 1 is 0.900 bits per heavy atom. The Balaban J connectivity index is 1.59. The molecule has 1 N–H and O–H groups in total. The van der Waals surface area contributed by atoms with Gasteiger partial charge in [0, 0.05) is 18.3 Å². The molecular weight excluding hydrogens is 386 g/mol. The van der Waals surface area contributed by atoms with Crippen molar-refractivity contribution in [1.29, 1.82) is 0 Å². The van der Waals surface area contributed by atoms with E-state index in [0.29, 0.717) is 0 Å². The van der Waals surface area contributed by atoms with E-state index >= 15 is 0 Å². The molecule has 0 bridgehead atoms. The highest BCUT2D eigenvalue weighted by Gasteiger charge is 2.15. The zero-order chi connectivity index (χ0) is 20.8. The van der Waals surface area contributed by atoms with Crippen LogP contribution in [0.25, 0.3) is 21.7 Å². The van der Waals surface area contributed by atoms with Crippen molar-refractivity contribution in [3.63, 3.8) is 0 Å². The Labute approximate surface area is 182 Å². The van der Waals surface area contributed by atoms with Crippen LogP contribution in [0, 0.1) is 6.92 Å². The molecule has 0 radical (unpaired) electrons. The van der Waals surface area contributed by atoms with Gasteiger partial charge >= 0.3 is 0 Å². The van der Waals surface area contributed by atoms with Gasteiger partial charge in [0.05, 0.1) is 15.6 Å². The Kier molecular flexibility index (Phi) is 6.55. The van der Waals surface area contributed by atoms with Crippen molar-refractivity contribution >= 4 is 17.2 Å². The number of aromatic nitrogens is 2. The smallest absolute Gasteiger partial charge is 0.126 e. The standard InChI is InChI=1S/C26H27N3S/c1-3-8-24-29-25(21-12-7-9-19(2)17-21)26(30-24)22-14-16-28-23(18-22)27-15-13-20-10-5-4-6-11-20/h4-7,9-12,14,16-18H,3,8,13,15H2,1-2H3,(H,27,28). The summed E-state index contributed by atoms with van der Waals surface area (Å²) in [6.07, 6.45) is 4.97. The summed E-state index contributed by atoms with van der Waals surface area (Å²) in [5.41, 5.74) is 6.01. The number of thiazole rings is 1. The molecule has 0 aliphatic heterocycles. The maximum absolute atomic E-state index is 5.00. The summed E-state index contributed by atoms with van der Waals surface area (Å²) >= 11 is 1.80. The van der Waals surface area contributed by atoms with Crippen molar-refractivity contribution in [3.8, 4) is 21.7 Å². The average molecular weight is 414 g/mol. The number of benzene rings is 2. The molecule has 0 fully saturated rings. The van der Waals surface area contributed by atoms with Gasteiger partial charge in [0.15, 0.2) is 0 Å². The van der Waals surface area contributed by atoms with Gasteiger partial charge in [-0.05, 0) is 55.5 Å². The van der Waals surface area contributed by atoms with E-state index in [9.17, 15) is 0 Å². The van der Waals surface area contributed by atoms with E-state index in [2.05, 4.69) is 90.9 Å². The number of pyridine rings is 1. The second kappa shape index (κ2) is 9.68. The van der Waals surface area contributed by atoms with Crippen molar-refractivity contribution in [1.82, 2.24) is 9.97 Å². The van der Waals surface area contributed by atoms with E-state index in [1.54, 1.807) is 11.3 Å². The molecule has 2 aromatic carbocycles. The van der Waals surface area contributed by atoms with Crippen LogP contribution in [0.3, 0.4) is 0 Å². The van der Waals surface area contributed by atoms with Crippen LogP contribution in [-0.2, 0) is 12.8 Å². The predicted molar refractivity (Wildman–Crippen MR) is 128 cm³/mol. The number of anilines is 1. The zero-order valence-electron chi connectivity index (χ0n) is 17.6. The van der Waals surface area contributed by atoms with Crippen molar-refractivity contribution in [2.45, 2.75) is 33.1 Å². The summed E-state index contributed by atoms with van der Waals surface area (Å²) in [6.45, 7) is 5.19. The predicted octanol–water partition coefficient (Wildman–Crippen LogP) is 6.79. The highest BCUT2D eigenvalue weighted by Crippen LogP contribution is 2.38. The molecule has 152 valence electrons. The van der Waals surface area contributed by atoms with Crippen LogP contribution in [0.1, 0.15) is 29.5 Å². The fraction of sp³-hybridized carbons (Fsp3) is 0.231. The van der Waals surface area contributed by atoms with Crippen molar-refractivity contribution in [2.75, 3.05) is 11.9 Å². The van der Waals surface area contributed by atoms with Crippen LogP contribution in [0.4, 0.5) is 5.82 Å². The lowest BCUT2D eigenvalue weighted by molar-refractivity contribution is 0.910. The molecule has 0 unspecified atom stereocenters. The molecule has 0 amide bonds. The van der Waals surface area contributed by atoms with Gasteiger partial charge in [-0.3, -0.25) is 0 Å². The topological polar surface area (TPSA) is 37.8 Å².